The zero-order valence-electron chi connectivity index (χ0n) is 10.1. The number of rotatable bonds is 7. The molecule has 0 aromatic heterocycles. The van der Waals surface area contributed by atoms with Gasteiger partial charge in [0.1, 0.15) is 5.84 Å². The molecular formula is C12H23N3O. The van der Waals surface area contributed by atoms with E-state index in [4.69, 9.17) is 10.9 Å². The smallest absolute Gasteiger partial charge is 0.140 e. The summed E-state index contributed by atoms with van der Waals surface area (Å²) in [4.78, 5) is 2.61. The summed E-state index contributed by atoms with van der Waals surface area (Å²) in [5.74, 6) is 1.29. The van der Waals surface area contributed by atoms with Crippen molar-refractivity contribution in [3.8, 4) is 0 Å². The summed E-state index contributed by atoms with van der Waals surface area (Å²) in [5, 5.41) is 11.8. The van der Waals surface area contributed by atoms with Crippen molar-refractivity contribution in [1.29, 1.82) is 0 Å². The molecule has 16 heavy (non-hydrogen) atoms. The van der Waals surface area contributed by atoms with Crippen molar-refractivity contribution >= 4 is 5.84 Å². The number of hydrogen-bond acceptors (Lipinski definition) is 3. The van der Waals surface area contributed by atoms with Gasteiger partial charge in [0.05, 0.1) is 0 Å². The highest BCUT2D eigenvalue weighted by Crippen LogP contribution is 2.36. The van der Waals surface area contributed by atoms with Gasteiger partial charge < -0.3 is 10.9 Å². The molecule has 92 valence electrons. The van der Waals surface area contributed by atoms with Crippen LogP contribution in [0.4, 0.5) is 0 Å². The standard InChI is InChI=1S/C12H23N3O/c1-2-10(7-12(13)14-16)15(11-5-6-11)8-9-3-4-9/h9-11,16H,2-8H2,1H3,(H2,13,14). The average Bonchev–Trinajstić information content (AvgIpc) is 3.15. The van der Waals surface area contributed by atoms with Crippen LogP contribution in [0.5, 0.6) is 0 Å². The minimum Gasteiger partial charge on any atom is -0.409 e. The Morgan fingerprint density at radius 3 is 2.56 bits per heavy atom. The van der Waals surface area contributed by atoms with Crippen LogP contribution in [0, 0.1) is 5.92 Å². The van der Waals surface area contributed by atoms with Gasteiger partial charge in [0, 0.05) is 25.0 Å². The van der Waals surface area contributed by atoms with Gasteiger partial charge in [-0.05, 0) is 38.0 Å². The van der Waals surface area contributed by atoms with E-state index in [1.54, 1.807) is 0 Å². The molecule has 2 aliphatic carbocycles. The number of nitrogens with zero attached hydrogens (tertiary/aromatic N) is 2. The van der Waals surface area contributed by atoms with Gasteiger partial charge in [0.15, 0.2) is 0 Å². The lowest BCUT2D eigenvalue weighted by Gasteiger charge is -2.31. The molecule has 0 amide bonds. The second-order valence-corrected chi connectivity index (χ2v) is 5.23. The Labute approximate surface area is 97.5 Å². The van der Waals surface area contributed by atoms with Crippen molar-refractivity contribution in [2.45, 2.75) is 57.5 Å². The maximum atomic E-state index is 8.65. The topological polar surface area (TPSA) is 61.9 Å². The Balaban J connectivity index is 1.91. The molecule has 4 nitrogen and oxygen atoms in total. The van der Waals surface area contributed by atoms with E-state index in [1.807, 2.05) is 0 Å². The fourth-order valence-corrected chi connectivity index (χ4v) is 2.38. The van der Waals surface area contributed by atoms with Crippen molar-refractivity contribution in [2.75, 3.05) is 6.54 Å². The van der Waals surface area contributed by atoms with Gasteiger partial charge in [0.25, 0.3) is 0 Å². The van der Waals surface area contributed by atoms with Gasteiger partial charge in [-0.25, -0.2) is 0 Å². The van der Waals surface area contributed by atoms with E-state index < -0.39 is 0 Å². The van der Waals surface area contributed by atoms with Gasteiger partial charge in [-0.3, -0.25) is 4.90 Å². The van der Waals surface area contributed by atoms with Crippen LogP contribution in [0.3, 0.4) is 0 Å². The minimum absolute atomic E-state index is 0.369. The van der Waals surface area contributed by atoms with Crippen LogP contribution in [-0.4, -0.2) is 34.6 Å². The Morgan fingerprint density at radius 2 is 2.12 bits per heavy atom. The summed E-state index contributed by atoms with van der Waals surface area (Å²) >= 11 is 0. The van der Waals surface area contributed by atoms with Gasteiger partial charge in [-0.2, -0.15) is 0 Å². The van der Waals surface area contributed by atoms with Gasteiger partial charge in [-0.15, -0.1) is 0 Å². The minimum atomic E-state index is 0.369. The molecule has 0 radical (unpaired) electrons. The molecule has 0 heterocycles. The fourth-order valence-electron chi connectivity index (χ4n) is 2.38. The first-order chi connectivity index (χ1) is 7.74. The monoisotopic (exact) mass is 225 g/mol. The molecule has 0 spiro atoms. The lowest BCUT2D eigenvalue weighted by atomic mass is 10.1. The summed E-state index contributed by atoms with van der Waals surface area (Å²) < 4.78 is 0. The molecule has 2 fully saturated rings. The third kappa shape index (κ3) is 3.11. The third-order valence-corrected chi connectivity index (χ3v) is 3.70. The van der Waals surface area contributed by atoms with E-state index in [0.29, 0.717) is 18.3 Å². The van der Waals surface area contributed by atoms with Crippen LogP contribution in [0.15, 0.2) is 5.16 Å². The maximum Gasteiger partial charge on any atom is 0.140 e. The van der Waals surface area contributed by atoms with E-state index in [0.717, 1.165) is 18.4 Å². The largest absolute Gasteiger partial charge is 0.409 e. The number of hydrogen-bond donors (Lipinski definition) is 2. The molecule has 3 N–H and O–H groups in total. The highest BCUT2D eigenvalue weighted by molar-refractivity contribution is 5.80. The van der Waals surface area contributed by atoms with Crippen molar-refractivity contribution in [3.63, 3.8) is 0 Å². The van der Waals surface area contributed by atoms with Crippen molar-refractivity contribution in [1.82, 2.24) is 4.90 Å². The quantitative estimate of drug-likeness (QED) is 0.300. The summed E-state index contributed by atoms with van der Waals surface area (Å²) in [6, 6.07) is 1.24. The van der Waals surface area contributed by atoms with E-state index in [1.165, 1.54) is 32.2 Å². The van der Waals surface area contributed by atoms with Crippen LogP contribution < -0.4 is 5.73 Å². The number of amidine groups is 1. The predicted molar refractivity (Wildman–Crippen MR) is 64.6 cm³/mol. The first kappa shape index (κ1) is 11.7. The molecule has 0 aliphatic heterocycles. The van der Waals surface area contributed by atoms with Crippen LogP contribution in [-0.2, 0) is 0 Å². The molecule has 4 heteroatoms. The van der Waals surface area contributed by atoms with E-state index >= 15 is 0 Å². The van der Waals surface area contributed by atoms with Gasteiger partial charge >= 0.3 is 0 Å². The Morgan fingerprint density at radius 1 is 1.44 bits per heavy atom. The zero-order valence-corrected chi connectivity index (χ0v) is 10.1. The van der Waals surface area contributed by atoms with Gasteiger partial charge in [0.2, 0.25) is 0 Å². The first-order valence-corrected chi connectivity index (χ1v) is 6.46. The lowest BCUT2D eigenvalue weighted by Crippen LogP contribution is -2.40. The number of oxime groups is 1. The Kier molecular flexibility index (Phi) is 3.69. The van der Waals surface area contributed by atoms with Crippen LogP contribution in [0.1, 0.15) is 45.4 Å². The van der Waals surface area contributed by atoms with Crippen molar-refractivity contribution in [3.05, 3.63) is 0 Å². The highest BCUT2D eigenvalue weighted by Gasteiger charge is 2.37. The van der Waals surface area contributed by atoms with Crippen molar-refractivity contribution < 1.29 is 5.21 Å². The molecule has 0 aromatic carbocycles. The molecule has 0 aromatic rings. The summed E-state index contributed by atoms with van der Waals surface area (Å²) in [7, 11) is 0. The molecule has 2 aliphatic rings. The van der Waals surface area contributed by atoms with E-state index in [-0.39, 0.29) is 0 Å². The molecule has 2 saturated carbocycles. The SMILES string of the molecule is CCC(CC(N)=NO)N(CC1CC1)C1CC1. The summed E-state index contributed by atoms with van der Waals surface area (Å²) in [6.07, 6.45) is 7.24. The molecule has 1 unspecified atom stereocenters. The second kappa shape index (κ2) is 5.04. The van der Waals surface area contributed by atoms with Crippen LogP contribution in [0.2, 0.25) is 0 Å². The second-order valence-electron chi connectivity index (χ2n) is 5.23. The molecular weight excluding hydrogens is 202 g/mol. The lowest BCUT2D eigenvalue weighted by molar-refractivity contribution is 0.175. The zero-order chi connectivity index (χ0) is 11.5. The Bertz CT molecular complexity index is 259. The highest BCUT2D eigenvalue weighted by atomic mass is 16.4. The normalized spacial score (nSPS) is 23.8. The van der Waals surface area contributed by atoms with Crippen LogP contribution >= 0.6 is 0 Å². The fraction of sp³-hybridized carbons (Fsp3) is 0.917. The van der Waals surface area contributed by atoms with Crippen molar-refractivity contribution in [2.24, 2.45) is 16.8 Å². The molecule has 0 bridgehead atoms. The molecule has 2 rings (SSSR count). The number of nitrogens with two attached hydrogens (primary N) is 1. The first-order valence-electron chi connectivity index (χ1n) is 6.46. The summed E-state index contributed by atoms with van der Waals surface area (Å²) in [6.45, 7) is 3.42. The summed E-state index contributed by atoms with van der Waals surface area (Å²) in [5.41, 5.74) is 5.63. The predicted octanol–water partition coefficient (Wildman–Crippen LogP) is 1.78. The van der Waals surface area contributed by atoms with E-state index in [9.17, 15) is 0 Å². The molecule has 0 saturated heterocycles. The average molecular weight is 225 g/mol. The maximum absolute atomic E-state index is 8.65. The third-order valence-electron chi connectivity index (χ3n) is 3.70. The van der Waals surface area contributed by atoms with Gasteiger partial charge in [-0.1, -0.05) is 12.1 Å². The van der Waals surface area contributed by atoms with E-state index in [2.05, 4.69) is 17.0 Å². The van der Waals surface area contributed by atoms with Crippen LogP contribution in [0.25, 0.3) is 0 Å². The molecule has 1 atom stereocenters. The Hall–Kier alpha value is -0.770.